The van der Waals surface area contributed by atoms with Crippen molar-refractivity contribution < 1.29 is 4.39 Å². The zero-order valence-corrected chi connectivity index (χ0v) is 12.9. The second-order valence-electron chi connectivity index (χ2n) is 4.84. The van der Waals surface area contributed by atoms with E-state index < -0.39 is 0 Å². The molecule has 1 aromatic rings. The Labute approximate surface area is 118 Å². The second-order valence-corrected chi connectivity index (χ2v) is 5.69. The number of halogens is 2. The van der Waals surface area contributed by atoms with Gasteiger partial charge in [0.05, 0.1) is 0 Å². The molecule has 0 saturated heterocycles. The van der Waals surface area contributed by atoms with Gasteiger partial charge in [0.2, 0.25) is 0 Å². The molecule has 0 amide bonds. The highest BCUT2D eigenvalue weighted by Crippen LogP contribution is 2.17. The van der Waals surface area contributed by atoms with E-state index >= 15 is 0 Å². The smallest absolute Gasteiger partial charge is 0.123 e. The van der Waals surface area contributed by atoms with Crippen molar-refractivity contribution in [2.45, 2.75) is 32.9 Å². The molecular weight excluding hydrogens is 295 g/mol. The Kier molecular flexibility index (Phi) is 6.82. The molecule has 102 valence electrons. The number of nitrogens with one attached hydrogen (secondary N) is 1. The molecule has 0 bridgehead atoms. The average molecular weight is 317 g/mol. The van der Waals surface area contributed by atoms with Gasteiger partial charge in [-0.2, -0.15) is 0 Å². The summed E-state index contributed by atoms with van der Waals surface area (Å²) in [5, 5.41) is 3.34. The Hall–Kier alpha value is -0.450. The molecule has 0 saturated carbocycles. The van der Waals surface area contributed by atoms with E-state index in [1.165, 1.54) is 6.07 Å². The van der Waals surface area contributed by atoms with Crippen LogP contribution in [0.15, 0.2) is 22.7 Å². The van der Waals surface area contributed by atoms with E-state index in [9.17, 15) is 4.39 Å². The summed E-state index contributed by atoms with van der Waals surface area (Å²) in [4.78, 5) is 2.32. The third-order valence-electron chi connectivity index (χ3n) is 3.07. The van der Waals surface area contributed by atoms with Crippen LogP contribution in [0.1, 0.15) is 25.8 Å². The summed E-state index contributed by atoms with van der Waals surface area (Å²) in [6, 6.07) is 5.36. The van der Waals surface area contributed by atoms with E-state index in [4.69, 9.17) is 0 Å². The van der Waals surface area contributed by atoms with Crippen molar-refractivity contribution in [1.82, 2.24) is 10.2 Å². The molecule has 0 radical (unpaired) electrons. The summed E-state index contributed by atoms with van der Waals surface area (Å²) < 4.78 is 14.0. The topological polar surface area (TPSA) is 15.3 Å². The van der Waals surface area contributed by atoms with Gasteiger partial charge >= 0.3 is 0 Å². The summed E-state index contributed by atoms with van der Waals surface area (Å²) in [5.41, 5.74) is 0.965. The Bertz CT molecular complexity index is 369. The lowest BCUT2D eigenvalue weighted by Gasteiger charge is -2.20. The van der Waals surface area contributed by atoms with Crippen molar-refractivity contribution in [3.8, 4) is 0 Å². The van der Waals surface area contributed by atoms with Gasteiger partial charge in [0.1, 0.15) is 5.82 Å². The minimum atomic E-state index is -0.186. The van der Waals surface area contributed by atoms with Gasteiger partial charge in [-0.25, -0.2) is 4.39 Å². The number of hydrogen-bond acceptors (Lipinski definition) is 2. The molecule has 0 aliphatic carbocycles. The normalized spacial score (nSPS) is 11.5. The van der Waals surface area contributed by atoms with Crippen LogP contribution in [0.5, 0.6) is 0 Å². The first-order valence-electron chi connectivity index (χ1n) is 6.35. The second kappa shape index (κ2) is 7.87. The highest BCUT2D eigenvalue weighted by atomic mass is 79.9. The highest BCUT2D eigenvalue weighted by molar-refractivity contribution is 9.10. The van der Waals surface area contributed by atoms with E-state index in [1.54, 1.807) is 12.1 Å². The molecule has 2 nitrogen and oxygen atoms in total. The predicted octanol–water partition coefficient (Wildman–Crippen LogP) is 3.41. The quantitative estimate of drug-likeness (QED) is 0.775. The molecule has 1 N–H and O–H groups in total. The van der Waals surface area contributed by atoms with Crippen LogP contribution in [0.2, 0.25) is 0 Å². The number of hydrogen-bond donors (Lipinski definition) is 1. The van der Waals surface area contributed by atoms with Crippen LogP contribution in [-0.4, -0.2) is 31.1 Å². The van der Waals surface area contributed by atoms with E-state index in [-0.39, 0.29) is 5.82 Å². The maximum absolute atomic E-state index is 13.1. The van der Waals surface area contributed by atoms with E-state index in [0.29, 0.717) is 12.6 Å². The molecule has 0 aromatic heterocycles. The molecular formula is C14H22BrFN2. The molecule has 0 fully saturated rings. The lowest BCUT2D eigenvalue weighted by atomic mass is 10.2. The summed E-state index contributed by atoms with van der Waals surface area (Å²) in [6.07, 6.45) is 1.10. The van der Waals surface area contributed by atoms with Gasteiger partial charge in [0, 0.05) is 17.1 Å². The SMILES string of the molecule is CC(C)N(C)CCCNCc1cc(F)ccc1Br. The van der Waals surface area contributed by atoms with Crippen LogP contribution in [0, 0.1) is 5.82 Å². The van der Waals surface area contributed by atoms with Crippen LogP contribution in [0.3, 0.4) is 0 Å². The largest absolute Gasteiger partial charge is 0.313 e. The average Bonchev–Trinajstić information content (AvgIpc) is 2.32. The third kappa shape index (κ3) is 5.46. The molecule has 4 heteroatoms. The van der Waals surface area contributed by atoms with Crippen molar-refractivity contribution in [1.29, 1.82) is 0 Å². The first-order valence-corrected chi connectivity index (χ1v) is 7.15. The van der Waals surface area contributed by atoms with Crippen LogP contribution < -0.4 is 5.32 Å². The minimum absolute atomic E-state index is 0.186. The minimum Gasteiger partial charge on any atom is -0.313 e. The van der Waals surface area contributed by atoms with Crippen LogP contribution in [-0.2, 0) is 6.54 Å². The van der Waals surface area contributed by atoms with Gasteiger partial charge in [-0.15, -0.1) is 0 Å². The Balaban J connectivity index is 2.24. The number of benzene rings is 1. The lowest BCUT2D eigenvalue weighted by molar-refractivity contribution is 0.269. The molecule has 0 aliphatic heterocycles. The zero-order valence-electron chi connectivity index (χ0n) is 11.3. The summed E-state index contributed by atoms with van der Waals surface area (Å²) >= 11 is 3.43. The molecule has 0 unspecified atom stereocenters. The van der Waals surface area contributed by atoms with Gasteiger partial charge in [-0.05, 0) is 64.2 Å². The molecule has 0 heterocycles. The standard InChI is InChI=1S/C14H22BrFN2/c1-11(2)18(3)8-4-7-17-10-12-9-13(16)5-6-14(12)15/h5-6,9,11,17H,4,7-8,10H2,1-3H3. The Morgan fingerprint density at radius 3 is 2.78 bits per heavy atom. The maximum atomic E-state index is 13.1. The lowest BCUT2D eigenvalue weighted by Crippen LogP contribution is -2.29. The molecule has 18 heavy (non-hydrogen) atoms. The van der Waals surface area contributed by atoms with Crippen molar-refractivity contribution >= 4 is 15.9 Å². The van der Waals surface area contributed by atoms with Crippen molar-refractivity contribution in [3.63, 3.8) is 0 Å². The number of nitrogens with zero attached hydrogens (tertiary/aromatic N) is 1. The number of rotatable bonds is 7. The van der Waals surface area contributed by atoms with E-state index in [1.807, 2.05) is 0 Å². The summed E-state index contributed by atoms with van der Waals surface area (Å²) in [7, 11) is 2.13. The fourth-order valence-corrected chi connectivity index (χ4v) is 2.00. The van der Waals surface area contributed by atoms with Gasteiger partial charge in [0.15, 0.2) is 0 Å². The maximum Gasteiger partial charge on any atom is 0.123 e. The Morgan fingerprint density at radius 2 is 2.11 bits per heavy atom. The zero-order chi connectivity index (χ0) is 13.5. The summed E-state index contributed by atoms with van der Waals surface area (Å²) in [5.74, 6) is -0.186. The predicted molar refractivity (Wildman–Crippen MR) is 78.2 cm³/mol. The van der Waals surface area contributed by atoms with Crippen LogP contribution in [0.4, 0.5) is 4.39 Å². The van der Waals surface area contributed by atoms with Gasteiger partial charge in [-0.1, -0.05) is 15.9 Å². The third-order valence-corrected chi connectivity index (χ3v) is 3.84. The van der Waals surface area contributed by atoms with Crippen LogP contribution >= 0.6 is 15.9 Å². The first-order chi connectivity index (χ1) is 8.50. The van der Waals surface area contributed by atoms with E-state index in [0.717, 1.165) is 29.5 Å². The molecule has 0 aliphatic rings. The molecule has 0 atom stereocenters. The fraction of sp³-hybridized carbons (Fsp3) is 0.571. The summed E-state index contributed by atoms with van der Waals surface area (Å²) in [6.45, 7) is 7.10. The van der Waals surface area contributed by atoms with Gasteiger partial charge in [-0.3, -0.25) is 0 Å². The van der Waals surface area contributed by atoms with Gasteiger partial charge in [0.25, 0.3) is 0 Å². The van der Waals surface area contributed by atoms with Crippen molar-refractivity contribution in [2.24, 2.45) is 0 Å². The first kappa shape index (κ1) is 15.6. The molecule has 1 rings (SSSR count). The molecule has 1 aromatic carbocycles. The highest BCUT2D eigenvalue weighted by Gasteiger charge is 2.03. The fourth-order valence-electron chi connectivity index (χ4n) is 1.61. The van der Waals surface area contributed by atoms with Crippen LogP contribution in [0.25, 0.3) is 0 Å². The van der Waals surface area contributed by atoms with E-state index in [2.05, 4.69) is 47.0 Å². The monoisotopic (exact) mass is 316 g/mol. The Morgan fingerprint density at radius 1 is 1.39 bits per heavy atom. The molecule has 0 spiro atoms. The van der Waals surface area contributed by atoms with Crippen molar-refractivity contribution in [3.05, 3.63) is 34.1 Å². The van der Waals surface area contributed by atoms with Gasteiger partial charge < -0.3 is 10.2 Å². The van der Waals surface area contributed by atoms with Crippen molar-refractivity contribution in [2.75, 3.05) is 20.1 Å².